The van der Waals surface area contributed by atoms with Gasteiger partial charge in [0.2, 0.25) is 0 Å². The average molecular weight is 499 g/mol. The Hall–Kier alpha value is -4.44. The van der Waals surface area contributed by atoms with Crippen LogP contribution in [0.15, 0.2) is 95.1 Å². The molecule has 0 aliphatic heterocycles. The van der Waals surface area contributed by atoms with E-state index < -0.39 is 5.82 Å². The van der Waals surface area contributed by atoms with Gasteiger partial charge < -0.3 is 0 Å². The second-order valence-corrected chi connectivity index (χ2v) is 8.86. The molecule has 3 heterocycles. The zero-order chi connectivity index (χ0) is 24.6. The van der Waals surface area contributed by atoms with Crippen molar-refractivity contribution in [2.45, 2.75) is 10.8 Å². The third kappa shape index (κ3) is 3.91. The highest BCUT2D eigenvalue weighted by atomic mass is 32.2. The van der Waals surface area contributed by atoms with Crippen LogP contribution >= 0.6 is 11.8 Å². The molecule has 0 aliphatic carbocycles. The van der Waals surface area contributed by atoms with Gasteiger partial charge in [-0.3, -0.25) is 9.36 Å². The topological polar surface area (TPSA) is 78.5 Å². The van der Waals surface area contributed by atoms with Crippen LogP contribution in [0.2, 0.25) is 0 Å². The summed E-state index contributed by atoms with van der Waals surface area (Å²) in [5, 5.41) is 6.25. The van der Waals surface area contributed by atoms with Crippen molar-refractivity contribution >= 4 is 33.7 Å². The molecule has 3 aromatic heterocycles. The largest absolute Gasteiger partial charge is 0.268 e. The van der Waals surface area contributed by atoms with E-state index in [1.165, 1.54) is 46.9 Å². The first-order chi connectivity index (χ1) is 17.6. The molecule has 7 nitrogen and oxygen atoms in total. The first kappa shape index (κ1) is 22.1. The molecule has 0 bridgehead atoms. The Labute approximate surface area is 207 Å². The fraction of sp³-hybridized carbons (Fsp3) is 0.0385. The number of benzene rings is 3. The number of halogens is 2. The molecule has 0 aliphatic rings. The normalized spacial score (nSPS) is 11.4. The molecule has 0 N–H and O–H groups in total. The van der Waals surface area contributed by atoms with Crippen molar-refractivity contribution in [3.05, 3.63) is 113 Å². The third-order valence-electron chi connectivity index (χ3n) is 5.67. The predicted molar refractivity (Wildman–Crippen MR) is 133 cm³/mol. The molecule has 6 aromatic rings. The third-order valence-corrected chi connectivity index (χ3v) is 6.67. The van der Waals surface area contributed by atoms with Gasteiger partial charge >= 0.3 is 0 Å². The molecule has 0 saturated carbocycles. The molecule has 6 rings (SSSR count). The van der Waals surface area contributed by atoms with Crippen molar-refractivity contribution in [1.82, 2.24) is 29.3 Å². The van der Waals surface area contributed by atoms with E-state index in [9.17, 15) is 13.6 Å². The lowest BCUT2D eigenvalue weighted by atomic mass is 10.2. The maximum atomic E-state index is 13.6. The summed E-state index contributed by atoms with van der Waals surface area (Å²) in [5.41, 5.74) is 2.10. The Morgan fingerprint density at radius 1 is 0.806 bits per heavy atom. The number of thioether (sulfide) groups is 1. The van der Waals surface area contributed by atoms with E-state index in [2.05, 4.69) is 15.1 Å². The number of para-hydroxylation sites is 1. The SMILES string of the molecule is O=c1c2ccccc2nc(CSc2ncnc3c2cnn3-c2ccc(F)cc2)n1-c1ccc(F)cc1. The molecule has 0 amide bonds. The van der Waals surface area contributed by atoms with Crippen molar-refractivity contribution in [2.24, 2.45) is 0 Å². The van der Waals surface area contributed by atoms with E-state index in [4.69, 9.17) is 4.98 Å². The first-order valence-corrected chi connectivity index (χ1v) is 11.9. The van der Waals surface area contributed by atoms with Crippen LogP contribution in [0.25, 0.3) is 33.3 Å². The lowest BCUT2D eigenvalue weighted by Crippen LogP contribution is -2.23. The Morgan fingerprint density at radius 3 is 2.25 bits per heavy atom. The smallest absolute Gasteiger partial charge is 0.265 e. The fourth-order valence-electron chi connectivity index (χ4n) is 3.97. The molecule has 0 spiro atoms. The summed E-state index contributed by atoms with van der Waals surface area (Å²) in [7, 11) is 0. The molecule has 36 heavy (non-hydrogen) atoms. The van der Waals surface area contributed by atoms with Gasteiger partial charge in [-0.15, -0.1) is 0 Å². The Kier molecular flexibility index (Phi) is 5.49. The molecular weight excluding hydrogens is 482 g/mol. The molecule has 0 atom stereocenters. The van der Waals surface area contributed by atoms with E-state index in [0.717, 1.165) is 0 Å². The minimum atomic E-state index is -0.391. The van der Waals surface area contributed by atoms with Gasteiger partial charge in [0.15, 0.2) is 5.65 Å². The second-order valence-electron chi connectivity index (χ2n) is 7.90. The minimum absolute atomic E-state index is 0.236. The summed E-state index contributed by atoms with van der Waals surface area (Å²) in [6.07, 6.45) is 3.09. The number of hydrogen-bond acceptors (Lipinski definition) is 6. The Bertz CT molecular complexity index is 1780. The predicted octanol–water partition coefficient (Wildman–Crippen LogP) is 5.09. The molecule has 0 saturated heterocycles. The zero-order valence-corrected chi connectivity index (χ0v) is 19.4. The van der Waals surface area contributed by atoms with E-state index in [0.29, 0.717) is 49.9 Å². The van der Waals surface area contributed by atoms with Gasteiger partial charge in [0, 0.05) is 0 Å². The highest BCUT2D eigenvalue weighted by molar-refractivity contribution is 7.98. The van der Waals surface area contributed by atoms with Crippen molar-refractivity contribution in [3.8, 4) is 11.4 Å². The maximum Gasteiger partial charge on any atom is 0.265 e. The Morgan fingerprint density at radius 2 is 1.50 bits per heavy atom. The van der Waals surface area contributed by atoms with Crippen LogP contribution in [0, 0.1) is 11.6 Å². The molecule has 176 valence electrons. The van der Waals surface area contributed by atoms with Crippen molar-refractivity contribution in [3.63, 3.8) is 0 Å². The standard InChI is InChI=1S/C26H16F2N6OS/c27-16-5-9-18(10-6-16)33-23(32-22-4-2-1-3-20(22)26(33)35)14-36-25-21-13-31-34(24(21)29-15-30-25)19-11-7-17(28)8-12-19/h1-13,15H,14H2. The molecule has 10 heteroatoms. The summed E-state index contributed by atoms with van der Waals surface area (Å²) >= 11 is 1.38. The number of rotatable bonds is 5. The molecule has 0 fully saturated rings. The van der Waals surface area contributed by atoms with Crippen LogP contribution in [-0.2, 0) is 5.75 Å². The van der Waals surface area contributed by atoms with Crippen LogP contribution in [0.3, 0.4) is 0 Å². The zero-order valence-electron chi connectivity index (χ0n) is 18.5. The van der Waals surface area contributed by atoms with E-state index in [1.807, 2.05) is 6.07 Å². The van der Waals surface area contributed by atoms with Crippen LogP contribution in [0.5, 0.6) is 0 Å². The summed E-state index contributed by atoms with van der Waals surface area (Å²) in [6, 6.07) is 18.8. The van der Waals surface area contributed by atoms with Crippen molar-refractivity contribution in [1.29, 1.82) is 0 Å². The number of nitrogens with zero attached hydrogens (tertiary/aromatic N) is 6. The van der Waals surface area contributed by atoms with Crippen molar-refractivity contribution < 1.29 is 8.78 Å². The number of fused-ring (bicyclic) bond motifs is 2. The lowest BCUT2D eigenvalue weighted by molar-refractivity contribution is 0.626. The highest BCUT2D eigenvalue weighted by Crippen LogP contribution is 2.29. The minimum Gasteiger partial charge on any atom is -0.268 e. The molecular formula is C26H16F2N6OS. The van der Waals surface area contributed by atoms with Crippen LogP contribution in [0.4, 0.5) is 8.78 Å². The van der Waals surface area contributed by atoms with Gasteiger partial charge in [0.1, 0.15) is 28.8 Å². The van der Waals surface area contributed by atoms with E-state index >= 15 is 0 Å². The summed E-state index contributed by atoms with van der Waals surface area (Å²) < 4.78 is 30.0. The molecule has 0 unspecified atom stereocenters. The summed E-state index contributed by atoms with van der Waals surface area (Å²) in [4.78, 5) is 26.9. The first-order valence-electron chi connectivity index (χ1n) is 10.9. The average Bonchev–Trinajstić information content (AvgIpc) is 3.34. The van der Waals surface area contributed by atoms with Gasteiger partial charge in [-0.25, -0.2) is 28.4 Å². The second kappa shape index (κ2) is 8.97. The van der Waals surface area contributed by atoms with E-state index in [1.54, 1.807) is 53.3 Å². The summed E-state index contributed by atoms with van der Waals surface area (Å²) in [6.45, 7) is 0. The van der Waals surface area contributed by atoms with E-state index in [-0.39, 0.29) is 11.4 Å². The fourth-order valence-corrected chi connectivity index (χ4v) is 4.85. The highest BCUT2D eigenvalue weighted by Gasteiger charge is 2.16. The van der Waals surface area contributed by atoms with Crippen LogP contribution < -0.4 is 5.56 Å². The molecule has 0 radical (unpaired) electrons. The van der Waals surface area contributed by atoms with Gasteiger partial charge in [0.05, 0.1) is 39.6 Å². The van der Waals surface area contributed by atoms with Gasteiger partial charge in [0.25, 0.3) is 5.56 Å². The quantitative estimate of drug-likeness (QED) is 0.244. The lowest BCUT2D eigenvalue weighted by Gasteiger charge is -2.13. The monoisotopic (exact) mass is 498 g/mol. The van der Waals surface area contributed by atoms with Gasteiger partial charge in [-0.1, -0.05) is 23.9 Å². The maximum absolute atomic E-state index is 13.6. The van der Waals surface area contributed by atoms with Crippen LogP contribution in [0.1, 0.15) is 5.82 Å². The van der Waals surface area contributed by atoms with Gasteiger partial charge in [-0.2, -0.15) is 5.10 Å². The summed E-state index contributed by atoms with van der Waals surface area (Å²) in [5.74, 6) is 0.0767. The van der Waals surface area contributed by atoms with Crippen molar-refractivity contribution in [2.75, 3.05) is 0 Å². The van der Waals surface area contributed by atoms with Crippen LogP contribution in [-0.4, -0.2) is 29.3 Å². The number of aromatic nitrogens is 6. The number of hydrogen-bond donors (Lipinski definition) is 0. The molecule has 3 aromatic carbocycles. The van der Waals surface area contributed by atoms with Gasteiger partial charge in [-0.05, 0) is 60.7 Å². The Balaban J connectivity index is 1.41.